The van der Waals surface area contributed by atoms with Crippen molar-refractivity contribution in [2.75, 3.05) is 10.6 Å². The summed E-state index contributed by atoms with van der Waals surface area (Å²) >= 11 is 0.678. The van der Waals surface area contributed by atoms with E-state index in [1.54, 1.807) is 30.3 Å². The fourth-order valence-corrected chi connectivity index (χ4v) is 3.38. The zero-order valence-corrected chi connectivity index (χ0v) is 15.3. The average molecular weight is 405 g/mol. The molecular formula is C19H14F3N3O2S. The van der Waals surface area contributed by atoms with Crippen molar-refractivity contribution in [1.29, 1.82) is 0 Å². The lowest BCUT2D eigenvalue weighted by Crippen LogP contribution is -2.17. The number of anilines is 2. The lowest BCUT2D eigenvalue weighted by molar-refractivity contribution is -0.141. The summed E-state index contributed by atoms with van der Waals surface area (Å²) in [5, 5.41) is 5.10. The number of nitrogens with zero attached hydrogens (tertiary/aromatic N) is 1. The van der Waals surface area contributed by atoms with E-state index in [-0.39, 0.29) is 10.9 Å². The molecule has 0 bridgehead atoms. The Morgan fingerprint density at radius 1 is 0.929 bits per heavy atom. The third kappa shape index (κ3) is 4.55. The maximum Gasteiger partial charge on any atom is 0.435 e. The van der Waals surface area contributed by atoms with Gasteiger partial charge in [-0.15, -0.1) is 11.3 Å². The zero-order valence-electron chi connectivity index (χ0n) is 14.5. The van der Waals surface area contributed by atoms with Crippen LogP contribution in [0, 0.1) is 0 Å². The quantitative estimate of drug-likeness (QED) is 0.639. The number of benzene rings is 2. The number of hydrogen-bond acceptors (Lipinski definition) is 4. The van der Waals surface area contributed by atoms with E-state index in [0.717, 1.165) is 0 Å². The summed E-state index contributed by atoms with van der Waals surface area (Å²) in [5.74, 6) is -1.16. The molecule has 0 aliphatic heterocycles. The first-order chi connectivity index (χ1) is 13.2. The summed E-state index contributed by atoms with van der Waals surface area (Å²) in [5.41, 5.74) is 0.0768. The van der Waals surface area contributed by atoms with E-state index in [4.69, 9.17) is 0 Å². The lowest BCUT2D eigenvalue weighted by atomic mass is 10.2. The van der Waals surface area contributed by atoms with Crippen LogP contribution in [0.2, 0.25) is 0 Å². The maximum absolute atomic E-state index is 13.4. The molecule has 28 heavy (non-hydrogen) atoms. The fourth-order valence-electron chi connectivity index (χ4n) is 2.40. The topological polar surface area (TPSA) is 71.1 Å². The monoisotopic (exact) mass is 405 g/mol. The Bertz CT molecular complexity index is 1000. The van der Waals surface area contributed by atoms with Crippen molar-refractivity contribution in [3.05, 3.63) is 65.2 Å². The van der Waals surface area contributed by atoms with Gasteiger partial charge in [0.05, 0.1) is 0 Å². The number of thiazole rings is 1. The first-order valence-electron chi connectivity index (χ1n) is 8.06. The molecule has 5 nitrogen and oxygen atoms in total. The van der Waals surface area contributed by atoms with Gasteiger partial charge in [0.25, 0.3) is 5.91 Å². The Balaban J connectivity index is 1.88. The van der Waals surface area contributed by atoms with Crippen LogP contribution in [0.3, 0.4) is 0 Å². The van der Waals surface area contributed by atoms with Crippen LogP contribution in [0.15, 0.2) is 54.6 Å². The molecule has 0 aliphatic rings. The van der Waals surface area contributed by atoms with Gasteiger partial charge in [0.2, 0.25) is 5.91 Å². The third-order valence-corrected chi connectivity index (χ3v) is 4.69. The number of amides is 2. The van der Waals surface area contributed by atoms with Crippen molar-refractivity contribution in [3.8, 4) is 10.6 Å². The van der Waals surface area contributed by atoms with Crippen LogP contribution in [0.1, 0.15) is 22.3 Å². The smallest absolute Gasteiger partial charge is 0.326 e. The van der Waals surface area contributed by atoms with Gasteiger partial charge in [0.1, 0.15) is 9.88 Å². The zero-order chi connectivity index (χ0) is 20.3. The Morgan fingerprint density at radius 3 is 2.04 bits per heavy atom. The molecule has 3 rings (SSSR count). The summed E-state index contributed by atoms with van der Waals surface area (Å²) in [4.78, 5) is 26.6. The molecule has 0 saturated heterocycles. The van der Waals surface area contributed by atoms with E-state index in [2.05, 4.69) is 15.6 Å². The van der Waals surface area contributed by atoms with Crippen molar-refractivity contribution in [1.82, 2.24) is 4.98 Å². The number of alkyl halides is 3. The van der Waals surface area contributed by atoms with Gasteiger partial charge in [-0.25, -0.2) is 4.98 Å². The van der Waals surface area contributed by atoms with Crippen molar-refractivity contribution in [2.45, 2.75) is 13.1 Å². The van der Waals surface area contributed by atoms with Crippen LogP contribution in [0.25, 0.3) is 10.6 Å². The Kier molecular flexibility index (Phi) is 5.46. The highest BCUT2D eigenvalue weighted by Gasteiger charge is 2.39. The van der Waals surface area contributed by atoms with E-state index >= 15 is 0 Å². The second kappa shape index (κ2) is 7.81. The molecule has 0 spiro atoms. The first kappa shape index (κ1) is 19.6. The van der Waals surface area contributed by atoms with Crippen LogP contribution >= 0.6 is 11.3 Å². The average Bonchev–Trinajstić information content (AvgIpc) is 3.10. The van der Waals surface area contributed by atoms with Gasteiger partial charge < -0.3 is 10.6 Å². The van der Waals surface area contributed by atoms with Gasteiger partial charge in [-0.05, 0) is 24.3 Å². The minimum absolute atomic E-state index is 0.110. The Morgan fingerprint density at radius 2 is 1.50 bits per heavy atom. The highest BCUT2D eigenvalue weighted by atomic mass is 32.1. The van der Waals surface area contributed by atoms with Gasteiger partial charge in [-0.3, -0.25) is 9.59 Å². The maximum atomic E-state index is 13.4. The van der Waals surface area contributed by atoms with Crippen molar-refractivity contribution in [3.63, 3.8) is 0 Å². The highest BCUT2D eigenvalue weighted by molar-refractivity contribution is 7.17. The number of aromatic nitrogens is 1. The highest BCUT2D eigenvalue weighted by Crippen LogP contribution is 2.38. The van der Waals surface area contributed by atoms with Crippen LogP contribution in [0.4, 0.5) is 24.5 Å². The Labute approximate surface area is 162 Å². The summed E-state index contributed by atoms with van der Waals surface area (Å²) in [6, 6.07) is 14.4. The predicted octanol–water partition coefficient (Wildman–Crippen LogP) is 5.04. The minimum Gasteiger partial charge on any atom is -0.326 e. The Hall–Kier alpha value is -3.20. The molecular weight excluding hydrogens is 391 g/mol. The normalized spacial score (nSPS) is 11.1. The van der Waals surface area contributed by atoms with Crippen molar-refractivity contribution < 1.29 is 22.8 Å². The summed E-state index contributed by atoms with van der Waals surface area (Å²) in [6.07, 6.45) is -4.76. The number of nitrogens with one attached hydrogen (secondary N) is 2. The van der Waals surface area contributed by atoms with Crippen LogP contribution < -0.4 is 10.6 Å². The van der Waals surface area contributed by atoms with Gasteiger partial charge in [0.15, 0.2) is 5.69 Å². The molecule has 2 aromatic carbocycles. The molecule has 0 aliphatic carbocycles. The van der Waals surface area contributed by atoms with Crippen molar-refractivity contribution >= 4 is 34.5 Å². The van der Waals surface area contributed by atoms with E-state index in [0.29, 0.717) is 28.3 Å². The molecule has 0 unspecified atom stereocenters. The first-order valence-corrected chi connectivity index (χ1v) is 8.88. The number of halogens is 3. The molecule has 144 valence electrons. The summed E-state index contributed by atoms with van der Waals surface area (Å²) < 4.78 is 40.1. The van der Waals surface area contributed by atoms with Crippen LogP contribution in [0.5, 0.6) is 0 Å². The lowest BCUT2D eigenvalue weighted by Gasteiger charge is -2.08. The second-order valence-electron chi connectivity index (χ2n) is 5.77. The molecule has 3 aromatic rings. The predicted molar refractivity (Wildman–Crippen MR) is 101 cm³/mol. The molecule has 1 aromatic heterocycles. The summed E-state index contributed by atoms with van der Waals surface area (Å²) in [6.45, 7) is 1.35. The van der Waals surface area contributed by atoms with Gasteiger partial charge >= 0.3 is 6.18 Å². The molecule has 1 heterocycles. The molecule has 9 heteroatoms. The standard InChI is InChI=1S/C19H14F3N3O2S/c1-11(26)23-13-7-9-14(10-8-13)24-17(27)15-16(19(20,21)22)25-18(28-15)12-5-3-2-4-6-12/h2-10H,1H3,(H,23,26)(H,24,27). The minimum atomic E-state index is -4.76. The molecule has 2 N–H and O–H groups in total. The molecule has 0 saturated carbocycles. The second-order valence-corrected chi connectivity index (χ2v) is 6.77. The molecule has 0 fully saturated rings. The molecule has 0 atom stereocenters. The van der Waals surface area contributed by atoms with Gasteiger partial charge in [-0.2, -0.15) is 13.2 Å². The third-order valence-electron chi connectivity index (χ3n) is 3.59. The van der Waals surface area contributed by atoms with E-state index in [9.17, 15) is 22.8 Å². The van der Waals surface area contributed by atoms with Crippen LogP contribution in [-0.2, 0) is 11.0 Å². The van der Waals surface area contributed by atoms with E-state index < -0.39 is 22.7 Å². The van der Waals surface area contributed by atoms with Gasteiger partial charge in [0, 0.05) is 23.9 Å². The summed E-state index contributed by atoms with van der Waals surface area (Å²) in [7, 11) is 0. The van der Waals surface area contributed by atoms with Crippen molar-refractivity contribution in [2.24, 2.45) is 0 Å². The number of rotatable bonds is 4. The SMILES string of the molecule is CC(=O)Nc1ccc(NC(=O)c2sc(-c3ccccc3)nc2C(F)(F)F)cc1. The van der Waals surface area contributed by atoms with E-state index in [1.807, 2.05) is 0 Å². The van der Waals surface area contributed by atoms with Gasteiger partial charge in [-0.1, -0.05) is 30.3 Å². The van der Waals surface area contributed by atoms with Crippen LogP contribution in [-0.4, -0.2) is 16.8 Å². The fraction of sp³-hybridized carbons (Fsp3) is 0.105. The number of carbonyl (C=O) groups excluding carboxylic acids is 2. The molecule has 2 amide bonds. The largest absolute Gasteiger partial charge is 0.435 e. The molecule has 0 radical (unpaired) electrons. The number of hydrogen-bond donors (Lipinski definition) is 2. The van der Waals surface area contributed by atoms with E-state index in [1.165, 1.54) is 31.2 Å². The number of carbonyl (C=O) groups is 2.